The molecule has 0 radical (unpaired) electrons. The van der Waals surface area contributed by atoms with E-state index < -0.39 is 23.7 Å². The Hall–Kier alpha value is -2.91. The number of hydrogen-bond donors (Lipinski definition) is 2. The predicted molar refractivity (Wildman–Crippen MR) is 123 cm³/mol. The van der Waals surface area contributed by atoms with Crippen molar-refractivity contribution in [2.75, 3.05) is 33.8 Å². The number of aromatic amines is 1. The van der Waals surface area contributed by atoms with Crippen molar-refractivity contribution in [3.8, 4) is 0 Å². The first-order valence-electron chi connectivity index (χ1n) is 10.5. The van der Waals surface area contributed by atoms with Crippen molar-refractivity contribution in [2.45, 2.75) is 33.2 Å². The maximum absolute atomic E-state index is 13.1. The smallest absolute Gasteiger partial charge is 0.355 e. The first-order valence-corrected chi connectivity index (χ1v) is 11.4. The zero-order valence-electron chi connectivity index (χ0n) is 19.0. The fraction of sp³-hybridized carbons (Fsp3) is 0.435. The SMILES string of the molecule is CCOC(=O)c1[nH]c(C)c(C(O)=C2C(=O)C(=O)N(CCCN(C)C)[C@H]2c2cccs2)c1C. The monoisotopic (exact) mass is 459 g/mol. The van der Waals surface area contributed by atoms with E-state index >= 15 is 0 Å². The Bertz CT molecular complexity index is 1050. The number of nitrogens with zero attached hydrogens (tertiary/aromatic N) is 2. The second-order valence-electron chi connectivity index (χ2n) is 8.01. The third-order valence-corrected chi connectivity index (χ3v) is 6.44. The third-order valence-electron chi connectivity index (χ3n) is 5.51. The number of carbonyl (C=O) groups is 3. The number of likely N-dealkylation sites (tertiary alicyclic amines) is 1. The third kappa shape index (κ3) is 4.35. The van der Waals surface area contributed by atoms with Crippen LogP contribution in [0.2, 0.25) is 0 Å². The van der Waals surface area contributed by atoms with Crippen molar-refractivity contribution >= 4 is 34.8 Å². The number of amides is 1. The highest BCUT2D eigenvalue weighted by atomic mass is 32.1. The standard InChI is InChI=1S/C23H29N3O5S/c1-6-31-23(30)18-13(2)16(14(3)24-18)20(27)17-19(15-9-7-12-32-15)26(22(29)21(17)28)11-8-10-25(4)5/h7,9,12,19,24,27H,6,8,10-11H2,1-5H3/t19-/m0/s1. The Morgan fingerprint density at radius 3 is 2.62 bits per heavy atom. The average Bonchev–Trinajstić information content (AvgIpc) is 3.41. The number of ether oxygens (including phenoxy) is 1. The maximum atomic E-state index is 13.1. The van der Waals surface area contributed by atoms with Crippen molar-refractivity contribution in [1.82, 2.24) is 14.8 Å². The summed E-state index contributed by atoms with van der Waals surface area (Å²) in [7, 11) is 3.90. The van der Waals surface area contributed by atoms with Crippen LogP contribution in [0.15, 0.2) is 23.1 Å². The number of esters is 1. The Morgan fingerprint density at radius 1 is 1.31 bits per heavy atom. The highest BCUT2D eigenvalue weighted by Gasteiger charge is 2.46. The number of rotatable bonds is 8. The second kappa shape index (κ2) is 9.70. The van der Waals surface area contributed by atoms with E-state index in [0.717, 1.165) is 11.4 Å². The van der Waals surface area contributed by atoms with Gasteiger partial charge < -0.3 is 24.6 Å². The van der Waals surface area contributed by atoms with Gasteiger partial charge in [0.2, 0.25) is 0 Å². The topological polar surface area (TPSA) is 103 Å². The van der Waals surface area contributed by atoms with Gasteiger partial charge in [0, 0.05) is 22.7 Å². The van der Waals surface area contributed by atoms with E-state index in [9.17, 15) is 19.5 Å². The molecule has 1 fully saturated rings. The van der Waals surface area contributed by atoms with Crippen molar-refractivity contribution in [2.24, 2.45) is 0 Å². The van der Waals surface area contributed by atoms with E-state index in [0.29, 0.717) is 29.8 Å². The molecule has 3 rings (SSSR count). The number of aryl methyl sites for hydroxylation is 1. The van der Waals surface area contributed by atoms with Crippen LogP contribution < -0.4 is 0 Å². The van der Waals surface area contributed by atoms with E-state index in [1.165, 1.54) is 16.2 Å². The molecule has 0 bridgehead atoms. The van der Waals surface area contributed by atoms with Gasteiger partial charge in [-0.05, 0) is 64.8 Å². The van der Waals surface area contributed by atoms with Crippen molar-refractivity contribution in [3.63, 3.8) is 0 Å². The number of ketones is 1. The summed E-state index contributed by atoms with van der Waals surface area (Å²) in [6.45, 7) is 6.47. The molecule has 0 spiro atoms. The molecule has 1 atom stereocenters. The minimum Gasteiger partial charge on any atom is -0.507 e. The van der Waals surface area contributed by atoms with Gasteiger partial charge in [-0.1, -0.05) is 6.07 Å². The van der Waals surface area contributed by atoms with Crippen LogP contribution in [0.1, 0.15) is 51.6 Å². The van der Waals surface area contributed by atoms with Gasteiger partial charge in [0.1, 0.15) is 11.5 Å². The minimum atomic E-state index is -0.719. The summed E-state index contributed by atoms with van der Waals surface area (Å²) in [5.41, 5.74) is 1.61. The molecule has 0 aliphatic carbocycles. The second-order valence-corrected chi connectivity index (χ2v) is 8.99. The van der Waals surface area contributed by atoms with Crippen LogP contribution in [0.25, 0.3) is 5.76 Å². The minimum absolute atomic E-state index is 0.0444. The van der Waals surface area contributed by atoms with Crippen LogP contribution in [0, 0.1) is 13.8 Å². The Morgan fingerprint density at radius 2 is 2.03 bits per heavy atom. The first kappa shape index (κ1) is 23.7. The molecule has 0 unspecified atom stereocenters. The predicted octanol–water partition coefficient (Wildman–Crippen LogP) is 3.24. The van der Waals surface area contributed by atoms with Crippen molar-refractivity contribution in [1.29, 1.82) is 0 Å². The number of Topliss-reactive ketones (excluding diaryl/α,β-unsaturated/α-hetero) is 1. The molecule has 0 aromatic carbocycles. The summed E-state index contributed by atoms with van der Waals surface area (Å²) >= 11 is 1.43. The number of carbonyl (C=O) groups excluding carboxylic acids is 3. The highest BCUT2D eigenvalue weighted by Crippen LogP contribution is 2.42. The molecule has 0 saturated carbocycles. The summed E-state index contributed by atoms with van der Waals surface area (Å²) in [6, 6.07) is 3.04. The molecule has 1 aliphatic rings. The van der Waals surface area contributed by atoms with E-state index in [1.54, 1.807) is 20.8 Å². The fourth-order valence-electron chi connectivity index (χ4n) is 4.06. The van der Waals surface area contributed by atoms with Crippen LogP contribution in [0.3, 0.4) is 0 Å². The largest absolute Gasteiger partial charge is 0.507 e. The zero-order valence-corrected chi connectivity index (χ0v) is 19.8. The number of H-pyrrole nitrogens is 1. The summed E-state index contributed by atoms with van der Waals surface area (Å²) in [5, 5.41) is 13.2. The summed E-state index contributed by atoms with van der Waals surface area (Å²) in [4.78, 5) is 45.6. The molecular formula is C23H29N3O5S. The van der Waals surface area contributed by atoms with Crippen LogP contribution in [0.5, 0.6) is 0 Å². The van der Waals surface area contributed by atoms with Gasteiger partial charge in [0.25, 0.3) is 11.7 Å². The molecule has 32 heavy (non-hydrogen) atoms. The van der Waals surface area contributed by atoms with Gasteiger partial charge in [-0.25, -0.2) is 4.79 Å². The number of aliphatic hydroxyl groups excluding tert-OH is 1. The quantitative estimate of drug-likeness (QED) is 0.272. The zero-order chi connectivity index (χ0) is 23.6. The molecular weight excluding hydrogens is 430 g/mol. The molecule has 1 saturated heterocycles. The molecule has 9 heteroatoms. The molecule has 172 valence electrons. The van der Waals surface area contributed by atoms with Gasteiger partial charge in [0.15, 0.2) is 0 Å². The van der Waals surface area contributed by atoms with Gasteiger partial charge in [-0.15, -0.1) is 11.3 Å². The van der Waals surface area contributed by atoms with Gasteiger partial charge in [0.05, 0.1) is 18.2 Å². The average molecular weight is 460 g/mol. The van der Waals surface area contributed by atoms with E-state index in [2.05, 4.69) is 4.98 Å². The Kier molecular flexibility index (Phi) is 7.20. The van der Waals surface area contributed by atoms with Crippen molar-refractivity contribution < 1.29 is 24.2 Å². The maximum Gasteiger partial charge on any atom is 0.355 e. The van der Waals surface area contributed by atoms with Gasteiger partial charge >= 0.3 is 5.97 Å². The van der Waals surface area contributed by atoms with E-state index in [4.69, 9.17) is 4.74 Å². The van der Waals surface area contributed by atoms with Crippen LogP contribution in [0.4, 0.5) is 0 Å². The lowest BCUT2D eigenvalue weighted by Crippen LogP contribution is -2.32. The molecule has 1 aliphatic heterocycles. The summed E-state index contributed by atoms with van der Waals surface area (Å²) in [5.74, 6) is -2.16. The lowest BCUT2D eigenvalue weighted by molar-refractivity contribution is -0.139. The number of thiophene rings is 1. The molecule has 8 nitrogen and oxygen atoms in total. The van der Waals surface area contributed by atoms with Gasteiger partial charge in [-0.2, -0.15) is 0 Å². The molecule has 2 aromatic heterocycles. The summed E-state index contributed by atoms with van der Waals surface area (Å²) < 4.78 is 5.08. The van der Waals surface area contributed by atoms with E-state index in [1.807, 2.05) is 36.5 Å². The van der Waals surface area contributed by atoms with E-state index in [-0.39, 0.29) is 23.6 Å². The molecule has 2 aromatic rings. The highest BCUT2D eigenvalue weighted by molar-refractivity contribution is 7.10. The lowest BCUT2D eigenvalue weighted by Gasteiger charge is -2.24. The number of aliphatic hydroxyl groups is 1. The number of nitrogens with one attached hydrogen (secondary N) is 1. The Labute approximate surface area is 191 Å². The molecule has 2 N–H and O–H groups in total. The van der Waals surface area contributed by atoms with Gasteiger partial charge in [-0.3, -0.25) is 9.59 Å². The lowest BCUT2D eigenvalue weighted by atomic mass is 9.97. The molecule has 1 amide bonds. The van der Waals surface area contributed by atoms with Crippen LogP contribution >= 0.6 is 11.3 Å². The number of aromatic nitrogens is 1. The van der Waals surface area contributed by atoms with Crippen molar-refractivity contribution in [3.05, 3.63) is 50.5 Å². The first-order chi connectivity index (χ1) is 15.2. The molecule has 3 heterocycles. The fourth-order valence-corrected chi connectivity index (χ4v) is 4.90. The van der Waals surface area contributed by atoms with Crippen LogP contribution in [-0.2, 0) is 14.3 Å². The number of hydrogen-bond acceptors (Lipinski definition) is 7. The normalized spacial score (nSPS) is 18.1. The summed E-state index contributed by atoms with van der Waals surface area (Å²) in [6.07, 6.45) is 0.692. The Balaban J connectivity index is 2.10. The van der Waals surface area contributed by atoms with Crippen LogP contribution in [-0.4, -0.2) is 71.3 Å².